The first-order valence-corrected chi connectivity index (χ1v) is 9.93. The van der Waals surface area contributed by atoms with E-state index in [1.165, 1.54) is 11.3 Å². The summed E-state index contributed by atoms with van der Waals surface area (Å²) in [6.07, 6.45) is 3.77. The molecule has 0 fully saturated rings. The Hall–Kier alpha value is -3.45. The lowest BCUT2D eigenvalue weighted by molar-refractivity contribution is 0.0832. The lowest BCUT2D eigenvalue weighted by atomic mass is 10.1. The zero-order valence-corrected chi connectivity index (χ0v) is 17.2. The zero-order chi connectivity index (χ0) is 20.5. The van der Waals surface area contributed by atoms with Gasteiger partial charge in [-0.15, -0.1) is 11.3 Å². The van der Waals surface area contributed by atoms with Gasteiger partial charge in [-0.3, -0.25) is 9.59 Å². The van der Waals surface area contributed by atoms with E-state index in [4.69, 9.17) is 0 Å². The minimum atomic E-state index is -0.228. The molecule has 3 aromatic heterocycles. The Morgan fingerprint density at radius 3 is 2.41 bits per heavy atom. The Balaban J connectivity index is 1.86. The standard InChI is InChI=1S/C22H20N4O2S/c1-14-16(20(27)24-15-9-5-4-6-10-15)13-17-18(26-11-7-8-12-26)19(22(28)25(2)3)29-21(17)23-14/h4-13H,1-3H3,(H,24,27). The summed E-state index contributed by atoms with van der Waals surface area (Å²) in [5, 5.41) is 3.69. The normalized spacial score (nSPS) is 10.9. The van der Waals surface area contributed by atoms with Crippen LogP contribution in [0.4, 0.5) is 5.69 Å². The molecule has 0 saturated heterocycles. The fourth-order valence-corrected chi connectivity index (χ4v) is 4.36. The molecule has 3 heterocycles. The highest BCUT2D eigenvalue weighted by Crippen LogP contribution is 2.35. The minimum absolute atomic E-state index is 0.0929. The molecule has 0 bridgehead atoms. The van der Waals surface area contributed by atoms with E-state index in [9.17, 15) is 9.59 Å². The van der Waals surface area contributed by atoms with Crippen molar-refractivity contribution in [2.45, 2.75) is 6.92 Å². The van der Waals surface area contributed by atoms with Gasteiger partial charge < -0.3 is 14.8 Å². The molecule has 4 aromatic rings. The van der Waals surface area contributed by atoms with Crippen molar-refractivity contribution in [2.24, 2.45) is 0 Å². The second-order valence-corrected chi connectivity index (χ2v) is 7.86. The lowest BCUT2D eigenvalue weighted by Crippen LogP contribution is -2.21. The number of nitrogens with one attached hydrogen (secondary N) is 1. The van der Waals surface area contributed by atoms with Crippen molar-refractivity contribution < 1.29 is 9.59 Å². The fraction of sp³-hybridized carbons (Fsp3) is 0.136. The molecule has 4 rings (SSSR count). The topological polar surface area (TPSA) is 67.2 Å². The number of benzene rings is 1. The van der Waals surface area contributed by atoms with Crippen LogP contribution < -0.4 is 5.32 Å². The van der Waals surface area contributed by atoms with Crippen molar-refractivity contribution in [3.8, 4) is 5.69 Å². The van der Waals surface area contributed by atoms with Crippen LogP contribution in [0.1, 0.15) is 25.7 Å². The van der Waals surface area contributed by atoms with E-state index >= 15 is 0 Å². The van der Waals surface area contributed by atoms with Gasteiger partial charge in [-0.05, 0) is 37.3 Å². The summed E-state index contributed by atoms with van der Waals surface area (Å²) >= 11 is 1.34. The number of nitrogens with zero attached hydrogens (tertiary/aromatic N) is 3. The smallest absolute Gasteiger partial charge is 0.265 e. The van der Waals surface area contributed by atoms with Gasteiger partial charge >= 0.3 is 0 Å². The second kappa shape index (κ2) is 7.52. The third-order valence-corrected chi connectivity index (χ3v) is 5.66. The number of rotatable bonds is 4. The number of thiophene rings is 1. The number of pyridine rings is 1. The molecule has 0 saturated carbocycles. The van der Waals surface area contributed by atoms with Gasteiger partial charge in [-0.2, -0.15) is 0 Å². The van der Waals surface area contributed by atoms with Crippen LogP contribution in [0.2, 0.25) is 0 Å². The first-order valence-electron chi connectivity index (χ1n) is 9.11. The first kappa shape index (κ1) is 18.9. The maximum Gasteiger partial charge on any atom is 0.265 e. The maximum atomic E-state index is 12.9. The highest BCUT2D eigenvalue weighted by molar-refractivity contribution is 7.21. The number of hydrogen-bond donors (Lipinski definition) is 1. The van der Waals surface area contributed by atoms with E-state index in [0.29, 0.717) is 16.1 Å². The highest BCUT2D eigenvalue weighted by Gasteiger charge is 2.24. The van der Waals surface area contributed by atoms with Gasteiger partial charge in [0.1, 0.15) is 9.71 Å². The average Bonchev–Trinajstić information content (AvgIpc) is 3.34. The molecule has 0 unspecified atom stereocenters. The van der Waals surface area contributed by atoms with Gasteiger partial charge in [-0.25, -0.2) is 4.98 Å². The van der Waals surface area contributed by atoms with E-state index < -0.39 is 0 Å². The van der Waals surface area contributed by atoms with E-state index in [2.05, 4.69) is 10.3 Å². The monoisotopic (exact) mass is 404 g/mol. The van der Waals surface area contributed by atoms with Gasteiger partial charge in [0.25, 0.3) is 11.8 Å². The molecule has 0 atom stereocenters. The van der Waals surface area contributed by atoms with Gasteiger partial charge in [-0.1, -0.05) is 18.2 Å². The van der Waals surface area contributed by atoms with E-state index in [0.717, 1.165) is 21.6 Å². The Morgan fingerprint density at radius 2 is 1.76 bits per heavy atom. The summed E-state index contributed by atoms with van der Waals surface area (Å²) in [7, 11) is 3.45. The maximum absolute atomic E-state index is 12.9. The Morgan fingerprint density at radius 1 is 1.07 bits per heavy atom. The lowest BCUT2D eigenvalue weighted by Gasteiger charge is -2.11. The van der Waals surface area contributed by atoms with Crippen LogP contribution in [0.15, 0.2) is 60.9 Å². The molecule has 0 aliphatic heterocycles. The van der Waals surface area contributed by atoms with Gasteiger partial charge in [0, 0.05) is 37.6 Å². The number of aromatic nitrogens is 2. The van der Waals surface area contributed by atoms with Crippen molar-refractivity contribution in [3.05, 3.63) is 77.1 Å². The number of fused-ring (bicyclic) bond motifs is 1. The summed E-state index contributed by atoms with van der Waals surface area (Å²) in [6, 6.07) is 14.9. The van der Waals surface area contributed by atoms with Crippen LogP contribution in [-0.2, 0) is 0 Å². The van der Waals surface area contributed by atoms with Crippen LogP contribution in [0.3, 0.4) is 0 Å². The van der Waals surface area contributed by atoms with E-state index in [-0.39, 0.29) is 11.8 Å². The number of amides is 2. The molecule has 2 amide bonds. The summed E-state index contributed by atoms with van der Waals surface area (Å²) in [5.74, 6) is -0.321. The zero-order valence-electron chi connectivity index (χ0n) is 16.3. The number of anilines is 1. The third-order valence-electron chi connectivity index (χ3n) is 4.59. The number of carbonyl (C=O) groups excluding carboxylic acids is 2. The first-order chi connectivity index (χ1) is 14.0. The van der Waals surface area contributed by atoms with Crippen molar-refractivity contribution in [1.82, 2.24) is 14.5 Å². The van der Waals surface area contributed by atoms with Crippen molar-refractivity contribution in [2.75, 3.05) is 19.4 Å². The average molecular weight is 404 g/mol. The predicted octanol–water partition coefficient (Wildman–Crippen LogP) is 4.35. The number of para-hydroxylation sites is 1. The molecule has 1 aromatic carbocycles. The van der Waals surface area contributed by atoms with Crippen molar-refractivity contribution in [1.29, 1.82) is 0 Å². The quantitative estimate of drug-likeness (QED) is 0.550. The molecule has 29 heavy (non-hydrogen) atoms. The second-order valence-electron chi connectivity index (χ2n) is 6.86. The molecular weight excluding hydrogens is 384 g/mol. The Labute approximate surface area is 172 Å². The minimum Gasteiger partial charge on any atom is -0.344 e. The summed E-state index contributed by atoms with van der Waals surface area (Å²) in [6.45, 7) is 1.81. The van der Waals surface area contributed by atoms with Crippen LogP contribution in [0.5, 0.6) is 0 Å². The SMILES string of the molecule is Cc1nc2sc(C(=O)N(C)C)c(-n3cccc3)c2cc1C(=O)Nc1ccccc1. The van der Waals surface area contributed by atoms with Crippen molar-refractivity contribution in [3.63, 3.8) is 0 Å². The van der Waals surface area contributed by atoms with Gasteiger partial charge in [0.2, 0.25) is 0 Å². The molecule has 6 nitrogen and oxygen atoms in total. The molecule has 7 heteroatoms. The molecular formula is C22H20N4O2S. The summed E-state index contributed by atoms with van der Waals surface area (Å²) in [5.41, 5.74) is 2.57. The summed E-state index contributed by atoms with van der Waals surface area (Å²) in [4.78, 5) is 33.2. The summed E-state index contributed by atoms with van der Waals surface area (Å²) < 4.78 is 1.89. The van der Waals surface area contributed by atoms with Gasteiger partial charge in [0.05, 0.1) is 16.9 Å². The molecule has 1 N–H and O–H groups in total. The molecule has 0 aliphatic carbocycles. The largest absolute Gasteiger partial charge is 0.344 e. The number of hydrogen-bond acceptors (Lipinski definition) is 4. The van der Waals surface area contributed by atoms with Gasteiger partial charge in [0.15, 0.2) is 0 Å². The van der Waals surface area contributed by atoms with Crippen LogP contribution in [-0.4, -0.2) is 40.4 Å². The van der Waals surface area contributed by atoms with E-state index in [1.807, 2.05) is 72.4 Å². The fourth-order valence-electron chi connectivity index (χ4n) is 3.14. The Kier molecular flexibility index (Phi) is 4.90. The van der Waals surface area contributed by atoms with E-state index in [1.54, 1.807) is 19.0 Å². The molecule has 0 spiro atoms. The molecule has 146 valence electrons. The molecule has 0 radical (unpaired) electrons. The highest BCUT2D eigenvalue weighted by atomic mass is 32.1. The van der Waals surface area contributed by atoms with Crippen LogP contribution in [0.25, 0.3) is 15.9 Å². The molecule has 0 aliphatic rings. The predicted molar refractivity (Wildman–Crippen MR) is 116 cm³/mol. The third kappa shape index (κ3) is 3.52. The van der Waals surface area contributed by atoms with Crippen LogP contribution >= 0.6 is 11.3 Å². The Bertz CT molecular complexity index is 1190. The van der Waals surface area contributed by atoms with Crippen LogP contribution in [0, 0.1) is 6.92 Å². The number of aryl methyl sites for hydroxylation is 1. The van der Waals surface area contributed by atoms with Crippen molar-refractivity contribution >= 4 is 39.1 Å². The number of carbonyl (C=O) groups is 2.